The van der Waals surface area contributed by atoms with E-state index in [2.05, 4.69) is 0 Å². The minimum absolute atomic E-state index is 0.0107. The molecule has 3 aliphatic rings. The quantitative estimate of drug-likeness (QED) is 0.198. The van der Waals surface area contributed by atoms with E-state index in [9.17, 15) is 51.9 Å². The van der Waals surface area contributed by atoms with Crippen LogP contribution in [0.25, 0.3) is 0 Å². The van der Waals surface area contributed by atoms with E-state index in [0.29, 0.717) is 58.2 Å². The fraction of sp³-hybridized carbons (Fsp3) is 0.417. The summed E-state index contributed by atoms with van der Waals surface area (Å²) < 4.78 is 141. The van der Waals surface area contributed by atoms with E-state index in [1.54, 1.807) is 21.6 Å². The second-order valence-corrected chi connectivity index (χ2v) is 20.9. The van der Waals surface area contributed by atoms with Crippen molar-refractivity contribution in [1.82, 2.24) is 0 Å². The van der Waals surface area contributed by atoms with E-state index >= 15 is 0 Å². The molecule has 5 rings (SSSR count). The second kappa shape index (κ2) is 15.3. The molecule has 19 heteroatoms. The van der Waals surface area contributed by atoms with E-state index in [1.807, 2.05) is 39.8 Å². The Morgan fingerprint density at radius 2 is 1.33 bits per heavy atom. The lowest BCUT2D eigenvalue weighted by Crippen LogP contribution is -2.28. The van der Waals surface area contributed by atoms with Gasteiger partial charge in [0, 0.05) is 64.0 Å². The van der Waals surface area contributed by atoms with Gasteiger partial charge in [0.15, 0.2) is 5.71 Å². The van der Waals surface area contributed by atoms with Crippen LogP contribution in [0.15, 0.2) is 92.4 Å². The Morgan fingerprint density at radius 3 is 1.93 bits per heavy atom. The van der Waals surface area contributed by atoms with Crippen LogP contribution in [0.2, 0.25) is 0 Å². The van der Waals surface area contributed by atoms with Gasteiger partial charge in [0.05, 0.1) is 35.4 Å². The van der Waals surface area contributed by atoms with Gasteiger partial charge in [-0.05, 0) is 92.6 Å². The molecule has 2 aromatic carbocycles. The van der Waals surface area contributed by atoms with Crippen molar-refractivity contribution in [2.45, 2.75) is 80.4 Å². The number of rotatable bonds is 13. The average Bonchev–Trinajstić information content (AvgIpc) is 3.39. The zero-order valence-electron chi connectivity index (χ0n) is 30.4. The van der Waals surface area contributed by atoms with E-state index in [4.69, 9.17) is 11.6 Å². The van der Waals surface area contributed by atoms with Gasteiger partial charge >= 0.3 is 0 Å². The summed E-state index contributed by atoms with van der Waals surface area (Å²) in [6, 6.07) is 7.97. The first-order valence-electron chi connectivity index (χ1n) is 17.2. The maximum Gasteiger partial charge on any atom is 0.209 e. The summed E-state index contributed by atoms with van der Waals surface area (Å²) in [6.45, 7) is 7.57. The van der Waals surface area contributed by atoms with Crippen molar-refractivity contribution >= 4 is 69.2 Å². The molecule has 2 aromatic rings. The van der Waals surface area contributed by atoms with E-state index in [-0.39, 0.29) is 25.9 Å². The van der Waals surface area contributed by atoms with Gasteiger partial charge in [0.2, 0.25) is 5.69 Å². The molecule has 2 aliphatic heterocycles. The second-order valence-electron chi connectivity index (χ2n) is 14.7. The highest BCUT2D eigenvalue weighted by molar-refractivity contribution is 7.86. The van der Waals surface area contributed by atoms with Crippen molar-refractivity contribution < 1.29 is 56.5 Å². The average molecular weight is 856 g/mol. The molecule has 0 spiro atoms. The van der Waals surface area contributed by atoms with Gasteiger partial charge in [-0.1, -0.05) is 37.6 Å². The summed E-state index contributed by atoms with van der Waals surface area (Å²) in [5.74, 6) is -1.22. The SMILES string of the molecule is CC1(C)C(/C=C/C2=C(Cl)C(=C/C=C3/N(CCCS(=O)(=O)[O-])c4ccc(S(=O)(=O)[O-])cc4C3(C)C)/CCC2)=[N+](CCCS(=O)(=O)[O-])c2ccc(S(=O)(=O)[O-])cc21. The molecule has 0 aromatic heterocycles. The van der Waals surface area contributed by atoms with Gasteiger partial charge < -0.3 is 23.1 Å². The smallest absolute Gasteiger partial charge is 0.209 e. The Morgan fingerprint density at radius 1 is 0.745 bits per heavy atom. The molecule has 0 amide bonds. The van der Waals surface area contributed by atoms with Gasteiger partial charge in [0.1, 0.15) is 26.8 Å². The fourth-order valence-electron chi connectivity index (χ4n) is 7.47. The topological polar surface area (TPSA) is 235 Å². The summed E-state index contributed by atoms with van der Waals surface area (Å²) in [7, 11) is -18.6. The third-order valence-electron chi connectivity index (χ3n) is 10.2. The molecule has 0 bridgehead atoms. The van der Waals surface area contributed by atoms with Crippen LogP contribution in [-0.4, -0.2) is 86.8 Å². The van der Waals surface area contributed by atoms with Crippen LogP contribution in [0.5, 0.6) is 0 Å². The first kappa shape index (κ1) is 42.9. The monoisotopic (exact) mass is 855 g/mol. The lowest BCUT2D eigenvalue weighted by Gasteiger charge is -2.27. The predicted octanol–water partition coefficient (Wildman–Crippen LogP) is 4.58. The van der Waals surface area contributed by atoms with Gasteiger partial charge in [-0.3, -0.25) is 0 Å². The largest absolute Gasteiger partial charge is 0.748 e. The molecule has 14 nitrogen and oxygen atoms in total. The molecule has 0 radical (unpaired) electrons. The molecule has 0 N–H and O–H groups in total. The molecular formula is C36H40ClN2O12S4-3. The number of hydrogen-bond acceptors (Lipinski definition) is 13. The standard InChI is InChI=1S/C36H43ClN2O12S4/c1-35(2)28-22-26(54(46,47)48)12-14-30(28)38(18-6-20-52(40,41)42)32(35)16-10-24-8-5-9-25(34(24)37)11-17-33-36(3,4)29-23-27(55(49,50)51)13-15-31(29)39(33)19-7-21-53(43,44)45/h10-17,22-23H,5-9,18-21H2,1-4H3,(H3-,40,41,42,43,44,45,46,47,48,49,50,51)/p-3. The van der Waals surface area contributed by atoms with Crippen LogP contribution in [0.3, 0.4) is 0 Å². The number of halogens is 1. The number of allylic oxidation sites excluding steroid dienone is 8. The highest BCUT2D eigenvalue weighted by Gasteiger charge is 2.45. The summed E-state index contributed by atoms with van der Waals surface area (Å²) in [6.07, 6.45) is 9.13. The number of anilines is 1. The Balaban J connectivity index is 1.54. The molecule has 300 valence electrons. The number of hydrogen-bond donors (Lipinski definition) is 0. The normalized spacial score (nSPS) is 20.3. The van der Waals surface area contributed by atoms with Gasteiger partial charge in [-0.15, -0.1) is 0 Å². The van der Waals surface area contributed by atoms with E-state index in [1.165, 1.54) is 36.4 Å². The molecule has 0 saturated carbocycles. The van der Waals surface area contributed by atoms with Crippen molar-refractivity contribution in [2.24, 2.45) is 0 Å². The Labute approximate surface area is 327 Å². The highest BCUT2D eigenvalue weighted by Crippen LogP contribution is 2.49. The van der Waals surface area contributed by atoms with Crippen molar-refractivity contribution in [1.29, 1.82) is 0 Å². The number of benzene rings is 2. The van der Waals surface area contributed by atoms with E-state index in [0.717, 1.165) is 11.1 Å². The first-order chi connectivity index (χ1) is 25.2. The summed E-state index contributed by atoms with van der Waals surface area (Å²) in [4.78, 5) is 0.978. The molecule has 1 aliphatic carbocycles. The van der Waals surface area contributed by atoms with Crippen LogP contribution < -0.4 is 4.90 Å². The van der Waals surface area contributed by atoms with Crippen molar-refractivity contribution in [2.75, 3.05) is 29.5 Å². The first-order valence-corrected chi connectivity index (χ1v) is 23.6. The predicted molar refractivity (Wildman–Crippen MR) is 202 cm³/mol. The lowest BCUT2D eigenvalue weighted by atomic mass is 9.81. The van der Waals surface area contributed by atoms with E-state index < -0.39 is 72.6 Å². The molecule has 0 atom stereocenters. The molecule has 0 unspecified atom stereocenters. The van der Waals surface area contributed by atoms with Crippen LogP contribution in [-0.2, 0) is 51.3 Å². The van der Waals surface area contributed by atoms with Crippen LogP contribution in [0, 0.1) is 0 Å². The van der Waals surface area contributed by atoms with Crippen molar-refractivity contribution in [3.8, 4) is 0 Å². The Hall–Kier alpha value is -3.20. The van der Waals surface area contributed by atoms with Gasteiger partial charge in [0.25, 0.3) is 0 Å². The summed E-state index contributed by atoms with van der Waals surface area (Å²) in [5, 5.41) is 0.453. The van der Waals surface area contributed by atoms with Crippen molar-refractivity contribution in [3.05, 3.63) is 93.7 Å². The van der Waals surface area contributed by atoms with Crippen LogP contribution in [0.4, 0.5) is 11.4 Å². The minimum atomic E-state index is -4.77. The third-order valence-corrected chi connectivity index (χ3v) is 13.9. The van der Waals surface area contributed by atoms with Gasteiger partial charge in [-0.2, -0.15) is 4.58 Å². The summed E-state index contributed by atoms with van der Waals surface area (Å²) >= 11 is 7.01. The molecule has 55 heavy (non-hydrogen) atoms. The third kappa shape index (κ3) is 9.51. The molecule has 0 saturated heterocycles. The number of fused-ring (bicyclic) bond motifs is 2. The molecular weight excluding hydrogens is 816 g/mol. The highest BCUT2D eigenvalue weighted by atomic mass is 35.5. The minimum Gasteiger partial charge on any atom is -0.748 e. The van der Waals surface area contributed by atoms with Crippen LogP contribution in [0.1, 0.15) is 70.9 Å². The van der Waals surface area contributed by atoms with Crippen molar-refractivity contribution in [3.63, 3.8) is 0 Å². The maximum atomic E-state index is 11.9. The molecule has 2 heterocycles. The zero-order chi connectivity index (χ0) is 40.9. The molecule has 0 fully saturated rings. The Bertz CT molecular complexity index is 2530. The maximum absolute atomic E-state index is 11.9. The number of nitrogens with zero attached hydrogens (tertiary/aromatic N) is 2. The lowest BCUT2D eigenvalue weighted by molar-refractivity contribution is -0.437. The fourth-order valence-corrected chi connectivity index (χ4v) is 9.74. The summed E-state index contributed by atoms with van der Waals surface area (Å²) in [5.41, 5.74) is 3.32. The van der Waals surface area contributed by atoms with Crippen LogP contribution >= 0.6 is 11.6 Å². The zero-order valence-corrected chi connectivity index (χ0v) is 34.5. The Kier molecular flexibility index (Phi) is 11.9. The van der Waals surface area contributed by atoms with Gasteiger partial charge in [-0.25, -0.2) is 33.7 Å².